The summed E-state index contributed by atoms with van der Waals surface area (Å²) >= 11 is 5.53. The summed E-state index contributed by atoms with van der Waals surface area (Å²) in [6.45, 7) is -0.0840. The number of halogens is 5. The number of carbonyl (C=O) groups excluding carboxylic acids is 2. The molecule has 2 amide bonds. The molecular formula is C16H11ClF4N2O2. The minimum atomic E-state index is -4.75. The van der Waals surface area contributed by atoms with Crippen LogP contribution in [0.1, 0.15) is 11.1 Å². The van der Waals surface area contributed by atoms with Crippen molar-refractivity contribution in [2.75, 3.05) is 5.32 Å². The van der Waals surface area contributed by atoms with Crippen LogP contribution in [-0.4, -0.2) is 11.8 Å². The molecule has 0 aliphatic heterocycles. The van der Waals surface area contributed by atoms with E-state index in [1.807, 2.05) is 5.32 Å². The maximum Gasteiger partial charge on any atom is 0.418 e. The van der Waals surface area contributed by atoms with Gasteiger partial charge < -0.3 is 10.6 Å². The topological polar surface area (TPSA) is 58.2 Å². The molecule has 4 nitrogen and oxygen atoms in total. The fraction of sp³-hybridized carbons (Fsp3) is 0.125. The van der Waals surface area contributed by atoms with Gasteiger partial charge in [0.2, 0.25) is 0 Å². The molecule has 0 aliphatic rings. The molecule has 25 heavy (non-hydrogen) atoms. The summed E-state index contributed by atoms with van der Waals surface area (Å²) < 4.78 is 51.6. The summed E-state index contributed by atoms with van der Waals surface area (Å²) in [5, 5.41) is 3.97. The second-order valence-corrected chi connectivity index (χ2v) is 5.39. The molecule has 0 fully saturated rings. The maximum absolute atomic E-state index is 12.9. The lowest BCUT2D eigenvalue weighted by Crippen LogP contribution is -2.35. The van der Waals surface area contributed by atoms with E-state index in [2.05, 4.69) is 5.32 Å². The van der Waals surface area contributed by atoms with Gasteiger partial charge in [-0.1, -0.05) is 23.7 Å². The number of rotatable bonds is 3. The standard InChI is InChI=1S/C16H11ClF4N2O2/c17-10-3-6-13(12(7-10)16(19,20)21)23-15(25)14(24)22-8-9-1-4-11(18)5-2-9/h1-7H,8H2,(H,22,24)(H,23,25). The normalized spacial score (nSPS) is 11.1. The molecule has 0 saturated heterocycles. The van der Waals surface area contributed by atoms with Gasteiger partial charge in [0.25, 0.3) is 0 Å². The number of carbonyl (C=O) groups is 2. The van der Waals surface area contributed by atoms with Crippen molar-refractivity contribution in [2.45, 2.75) is 12.7 Å². The van der Waals surface area contributed by atoms with E-state index in [1.54, 1.807) is 0 Å². The Balaban J connectivity index is 2.04. The molecule has 2 rings (SSSR count). The van der Waals surface area contributed by atoms with E-state index in [0.29, 0.717) is 11.6 Å². The molecule has 132 valence electrons. The molecule has 0 saturated carbocycles. The van der Waals surface area contributed by atoms with Crippen LogP contribution in [0.4, 0.5) is 23.2 Å². The molecular weight excluding hydrogens is 364 g/mol. The first-order valence-corrected chi connectivity index (χ1v) is 7.25. The van der Waals surface area contributed by atoms with Crippen molar-refractivity contribution in [3.8, 4) is 0 Å². The molecule has 0 aromatic heterocycles. The Bertz CT molecular complexity index is 792. The highest BCUT2D eigenvalue weighted by atomic mass is 35.5. The minimum Gasteiger partial charge on any atom is -0.344 e. The average Bonchev–Trinajstić information content (AvgIpc) is 2.54. The van der Waals surface area contributed by atoms with Crippen molar-refractivity contribution in [2.24, 2.45) is 0 Å². The molecule has 0 heterocycles. The zero-order chi connectivity index (χ0) is 18.6. The molecule has 0 bridgehead atoms. The number of amides is 2. The maximum atomic E-state index is 12.9. The quantitative estimate of drug-likeness (QED) is 0.635. The van der Waals surface area contributed by atoms with Crippen LogP contribution in [0.15, 0.2) is 42.5 Å². The van der Waals surface area contributed by atoms with Crippen molar-refractivity contribution in [1.82, 2.24) is 5.32 Å². The van der Waals surface area contributed by atoms with Crippen LogP contribution in [-0.2, 0) is 22.3 Å². The van der Waals surface area contributed by atoms with Crippen LogP contribution in [0, 0.1) is 5.82 Å². The predicted octanol–water partition coefficient (Wildman–Crippen LogP) is 3.75. The SMILES string of the molecule is O=C(NCc1ccc(F)cc1)C(=O)Nc1ccc(Cl)cc1C(F)(F)F. The highest BCUT2D eigenvalue weighted by molar-refractivity contribution is 6.39. The number of anilines is 1. The number of hydrogen-bond acceptors (Lipinski definition) is 2. The average molecular weight is 375 g/mol. The fourth-order valence-electron chi connectivity index (χ4n) is 1.90. The van der Waals surface area contributed by atoms with E-state index < -0.39 is 35.1 Å². The third-order valence-corrected chi connectivity index (χ3v) is 3.34. The van der Waals surface area contributed by atoms with Gasteiger partial charge in [0, 0.05) is 11.6 Å². The van der Waals surface area contributed by atoms with Crippen LogP contribution in [0.25, 0.3) is 0 Å². The zero-order valence-corrected chi connectivity index (χ0v) is 13.2. The van der Waals surface area contributed by atoms with E-state index in [4.69, 9.17) is 11.6 Å². The Hall–Kier alpha value is -2.61. The van der Waals surface area contributed by atoms with Crippen LogP contribution >= 0.6 is 11.6 Å². The van der Waals surface area contributed by atoms with E-state index in [9.17, 15) is 27.2 Å². The first-order chi connectivity index (χ1) is 11.7. The Morgan fingerprint density at radius 2 is 1.64 bits per heavy atom. The van der Waals surface area contributed by atoms with Crippen LogP contribution in [0.2, 0.25) is 5.02 Å². The van der Waals surface area contributed by atoms with Gasteiger partial charge in [-0.15, -0.1) is 0 Å². The first-order valence-electron chi connectivity index (χ1n) is 6.87. The highest BCUT2D eigenvalue weighted by Gasteiger charge is 2.34. The Labute approximate surface area is 144 Å². The van der Waals surface area contributed by atoms with E-state index >= 15 is 0 Å². The third kappa shape index (κ3) is 5.18. The summed E-state index contributed by atoms with van der Waals surface area (Å²) in [7, 11) is 0. The summed E-state index contributed by atoms with van der Waals surface area (Å²) in [6, 6.07) is 7.89. The van der Waals surface area contributed by atoms with Crippen LogP contribution < -0.4 is 10.6 Å². The van der Waals surface area contributed by atoms with Gasteiger partial charge in [-0.05, 0) is 35.9 Å². The van der Waals surface area contributed by atoms with Gasteiger partial charge in [-0.25, -0.2) is 4.39 Å². The van der Waals surface area contributed by atoms with Crippen molar-refractivity contribution in [3.05, 3.63) is 64.4 Å². The smallest absolute Gasteiger partial charge is 0.344 e. The molecule has 0 unspecified atom stereocenters. The first kappa shape index (κ1) is 18.7. The number of alkyl halides is 3. The highest BCUT2D eigenvalue weighted by Crippen LogP contribution is 2.36. The minimum absolute atomic E-state index is 0.0840. The number of benzene rings is 2. The summed E-state index contributed by atoms with van der Waals surface area (Å²) in [6.07, 6.45) is -4.75. The zero-order valence-electron chi connectivity index (χ0n) is 12.5. The van der Waals surface area contributed by atoms with Crippen molar-refractivity contribution < 1.29 is 27.2 Å². The molecule has 0 atom stereocenters. The van der Waals surface area contributed by atoms with Gasteiger partial charge in [-0.3, -0.25) is 9.59 Å². The van der Waals surface area contributed by atoms with E-state index in [1.165, 1.54) is 24.3 Å². The second kappa shape index (κ2) is 7.52. The van der Waals surface area contributed by atoms with Gasteiger partial charge in [-0.2, -0.15) is 13.2 Å². The monoisotopic (exact) mass is 374 g/mol. The predicted molar refractivity (Wildman–Crippen MR) is 83.3 cm³/mol. The molecule has 2 N–H and O–H groups in total. The lowest BCUT2D eigenvalue weighted by molar-refractivity contribution is -0.138. The van der Waals surface area contributed by atoms with Gasteiger partial charge >= 0.3 is 18.0 Å². The van der Waals surface area contributed by atoms with Crippen molar-refractivity contribution in [1.29, 1.82) is 0 Å². The van der Waals surface area contributed by atoms with Gasteiger partial charge in [0.15, 0.2) is 0 Å². The number of nitrogens with one attached hydrogen (secondary N) is 2. The summed E-state index contributed by atoms with van der Waals surface area (Å²) in [4.78, 5) is 23.5. The summed E-state index contributed by atoms with van der Waals surface area (Å²) in [5.74, 6) is -2.86. The molecule has 2 aromatic carbocycles. The third-order valence-electron chi connectivity index (χ3n) is 3.11. The largest absolute Gasteiger partial charge is 0.418 e. The van der Waals surface area contributed by atoms with Gasteiger partial charge in [0.05, 0.1) is 11.3 Å². The van der Waals surface area contributed by atoms with Crippen molar-refractivity contribution in [3.63, 3.8) is 0 Å². The Morgan fingerprint density at radius 3 is 2.24 bits per heavy atom. The fourth-order valence-corrected chi connectivity index (χ4v) is 2.08. The Morgan fingerprint density at radius 1 is 1.00 bits per heavy atom. The van der Waals surface area contributed by atoms with Crippen LogP contribution in [0.3, 0.4) is 0 Å². The number of hydrogen-bond donors (Lipinski definition) is 2. The molecule has 9 heteroatoms. The molecule has 0 radical (unpaired) electrons. The van der Waals surface area contributed by atoms with Crippen molar-refractivity contribution >= 4 is 29.1 Å². The second-order valence-electron chi connectivity index (χ2n) is 4.95. The Kier molecular flexibility index (Phi) is 5.63. The summed E-state index contributed by atoms with van der Waals surface area (Å²) in [5.41, 5.74) is -1.23. The molecule has 0 spiro atoms. The lowest BCUT2D eigenvalue weighted by atomic mass is 10.1. The molecule has 2 aromatic rings. The van der Waals surface area contributed by atoms with E-state index in [0.717, 1.165) is 12.1 Å². The lowest BCUT2D eigenvalue weighted by Gasteiger charge is -2.14. The van der Waals surface area contributed by atoms with Crippen LogP contribution in [0.5, 0.6) is 0 Å². The van der Waals surface area contributed by atoms with E-state index in [-0.39, 0.29) is 11.6 Å². The molecule has 0 aliphatic carbocycles. The van der Waals surface area contributed by atoms with Gasteiger partial charge in [0.1, 0.15) is 5.82 Å².